The first kappa shape index (κ1) is 13.1. The van der Waals surface area contributed by atoms with Gasteiger partial charge in [-0.2, -0.15) is 0 Å². The second-order valence-corrected chi connectivity index (χ2v) is 4.76. The van der Waals surface area contributed by atoms with Crippen LogP contribution in [0.15, 0.2) is 54.7 Å². The van der Waals surface area contributed by atoms with Crippen LogP contribution in [0.2, 0.25) is 0 Å². The maximum atomic E-state index is 10.8. The average molecular weight is 280 g/mol. The van der Waals surface area contributed by atoms with Crippen molar-refractivity contribution in [1.82, 2.24) is 4.98 Å². The minimum atomic E-state index is -0.633. The monoisotopic (exact) mass is 280 g/mol. The molecule has 1 aromatic heterocycles. The van der Waals surface area contributed by atoms with Crippen LogP contribution in [0.4, 0.5) is 5.69 Å². The van der Waals surface area contributed by atoms with Gasteiger partial charge in [0.05, 0.1) is 10.4 Å². The molecule has 0 bridgehead atoms. The summed E-state index contributed by atoms with van der Waals surface area (Å²) in [5, 5.41) is 21.3. The van der Waals surface area contributed by atoms with Crippen molar-refractivity contribution in [2.75, 3.05) is 0 Å². The number of rotatable bonds is 3. The lowest BCUT2D eigenvalue weighted by atomic mass is 10.0. The molecule has 1 N–H and O–H groups in total. The molecular formula is C16H12N2O3. The molecule has 0 saturated carbocycles. The topological polar surface area (TPSA) is 76.3 Å². The van der Waals surface area contributed by atoms with Gasteiger partial charge in [-0.15, -0.1) is 0 Å². The minimum absolute atomic E-state index is 0.333. The summed E-state index contributed by atoms with van der Waals surface area (Å²) in [5.74, 6) is -0.333. The summed E-state index contributed by atoms with van der Waals surface area (Å²) in [7, 11) is 0. The number of fused-ring (bicyclic) bond motifs is 1. The van der Waals surface area contributed by atoms with Crippen molar-refractivity contribution in [2.24, 2.45) is 0 Å². The summed E-state index contributed by atoms with van der Waals surface area (Å²) in [6, 6.07) is 15.3. The molecule has 0 aliphatic heterocycles. The molecule has 5 nitrogen and oxygen atoms in total. The maximum Gasteiger partial charge on any atom is 0.329 e. The van der Waals surface area contributed by atoms with Gasteiger partial charge in [0.1, 0.15) is 6.20 Å². The zero-order valence-electron chi connectivity index (χ0n) is 11.1. The van der Waals surface area contributed by atoms with E-state index < -0.39 is 4.92 Å². The molecule has 21 heavy (non-hydrogen) atoms. The summed E-state index contributed by atoms with van der Waals surface area (Å²) in [6.45, 7) is 0. The maximum absolute atomic E-state index is 10.8. The summed E-state index contributed by atoms with van der Waals surface area (Å²) in [6.07, 6.45) is 1.77. The number of nitro groups is 1. The molecule has 0 spiro atoms. The first-order valence-electron chi connectivity index (χ1n) is 6.44. The summed E-state index contributed by atoms with van der Waals surface area (Å²) >= 11 is 0. The van der Waals surface area contributed by atoms with Crippen LogP contribution in [0.3, 0.4) is 0 Å². The van der Waals surface area contributed by atoms with Gasteiger partial charge in [-0.05, 0) is 29.7 Å². The third-order valence-corrected chi connectivity index (χ3v) is 3.33. The van der Waals surface area contributed by atoms with E-state index >= 15 is 0 Å². The van der Waals surface area contributed by atoms with Crippen LogP contribution in [0.25, 0.3) is 10.9 Å². The van der Waals surface area contributed by atoms with E-state index in [1.807, 2.05) is 36.4 Å². The van der Waals surface area contributed by atoms with Gasteiger partial charge in [-0.25, -0.2) is 4.98 Å². The zero-order valence-corrected chi connectivity index (χ0v) is 11.1. The number of hydrogen-bond donors (Lipinski definition) is 1. The van der Waals surface area contributed by atoms with Crippen LogP contribution >= 0.6 is 0 Å². The van der Waals surface area contributed by atoms with Crippen molar-refractivity contribution >= 4 is 16.6 Å². The summed E-state index contributed by atoms with van der Waals surface area (Å²) < 4.78 is 0. The number of aromatic hydroxyl groups is 1. The standard InChI is InChI=1S/C16H12N2O3/c19-16-13-9-12(8-11-4-2-1-3-5-11)6-7-14(13)17-10-15(16)18(20)21/h1-7,9-10H,8H2,(H,17,19). The first-order chi connectivity index (χ1) is 10.1. The molecule has 0 saturated heterocycles. The van der Waals surface area contributed by atoms with Gasteiger partial charge in [0, 0.05) is 5.39 Å². The fourth-order valence-corrected chi connectivity index (χ4v) is 2.29. The Bertz CT molecular complexity index is 816. The van der Waals surface area contributed by atoms with Crippen LogP contribution in [0.5, 0.6) is 5.75 Å². The van der Waals surface area contributed by atoms with Crippen molar-refractivity contribution in [1.29, 1.82) is 0 Å². The molecule has 2 aromatic carbocycles. The molecule has 0 aliphatic rings. The van der Waals surface area contributed by atoms with E-state index in [0.29, 0.717) is 17.3 Å². The minimum Gasteiger partial charge on any atom is -0.502 e. The van der Waals surface area contributed by atoms with E-state index in [9.17, 15) is 15.2 Å². The van der Waals surface area contributed by atoms with Gasteiger partial charge in [-0.3, -0.25) is 10.1 Å². The first-order valence-corrected chi connectivity index (χ1v) is 6.44. The third kappa shape index (κ3) is 2.53. The van der Waals surface area contributed by atoms with Gasteiger partial charge in [0.25, 0.3) is 0 Å². The highest BCUT2D eigenvalue weighted by molar-refractivity contribution is 5.88. The molecular weight excluding hydrogens is 268 g/mol. The smallest absolute Gasteiger partial charge is 0.329 e. The lowest BCUT2D eigenvalue weighted by Crippen LogP contribution is -1.93. The van der Waals surface area contributed by atoms with Gasteiger partial charge >= 0.3 is 5.69 Å². The van der Waals surface area contributed by atoms with Gasteiger partial charge in [0.2, 0.25) is 5.75 Å². The van der Waals surface area contributed by atoms with E-state index in [1.54, 1.807) is 12.1 Å². The van der Waals surface area contributed by atoms with Crippen molar-refractivity contribution in [2.45, 2.75) is 6.42 Å². The van der Waals surface area contributed by atoms with Crippen LogP contribution in [-0.2, 0) is 6.42 Å². The molecule has 104 valence electrons. The lowest BCUT2D eigenvalue weighted by molar-refractivity contribution is -0.386. The highest BCUT2D eigenvalue weighted by atomic mass is 16.6. The van der Waals surface area contributed by atoms with E-state index in [1.165, 1.54) is 0 Å². The van der Waals surface area contributed by atoms with Crippen molar-refractivity contribution in [3.8, 4) is 5.75 Å². The van der Waals surface area contributed by atoms with Crippen LogP contribution in [0.1, 0.15) is 11.1 Å². The normalized spacial score (nSPS) is 10.7. The molecule has 0 unspecified atom stereocenters. The Morgan fingerprint density at radius 2 is 1.86 bits per heavy atom. The largest absolute Gasteiger partial charge is 0.502 e. The summed E-state index contributed by atoms with van der Waals surface area (Å²) in [5.41, 5.74) is 2.26. The van der Waals surface area contributed by atoms with Crippen molar-refractivity contribution < 1.29 is 10.0 Å². The fourth-order valence-electron chi connectivity index (χ4n) is 2.29. The fraction of sp³-hybridized carbons (Fsp3) is 0.0625. The Hall–Kier alpha value is -2.95. The second-order valence-electron chi connectivity index (χ2n) is 4.76. The van der Waals surface area contributed by atoms with Crippen molar-refractivity contribution in [3.05, 3.63) is 76.0 Å². The molecule has 3 aromatic rings. The number of benzene rings is 2. The van der Waals surface area contributed by atoms with Gasteiger partial charge in [0.15, 0.2) is 0 Å². The number of hydrogen-bond acceptors (Lipinski definition) is 4. The molecule has 5 heteroatoms. The van der Waals surface area contributed by atoms with Crippen LogP contribution in [-0.4, -0.2) is 15.0 Å². The van der Waals surface area contributed by atoms with Crippen LogP contribution in [0, 0.1) is 10.1 Å². The molecule has 0 aliphatic carbocycles. The Kier molecular flexibility index (Phi) is 3.23. The van der Waals surface area contributed by atoms with E-state index in [4.69, 9.17) is 0 Å². The molecule has 0 radical (unpaired) electrons. The van der Waals surface area contributed by atoms with Gasteiger partial charge in [-0.1, -0.05) is 36.4 Å². The Morgan fingerprint density at radius 1 is 1.10 bits per heavy atom. The van der Waals surface area contributed by atoms with Crippen molar-refractivity contribution in [3.63, 3.8) is 0 Å². The molecule has 0 atom stereocenters. The molecule has 0 fully saturated rings. The third-order valence-electron chi connectivity index (χ3n) is 3.33. The number of pyridine rings is 1. The van der Waals surface area contributed by atoms with Crippen LogP contribution < -0.4 is 0 Å². The Morgan fingerprint density at radius 3 is 2.57 bits per heavy atom. The van der Waals surface area contributed by atoms with E-state index in [2.05, 4.69) is 4.98 Å². The Labute approximate surface area is 120 Å². The van der Waals surface area contributed by atoms with E-state index in [-0.39, 0.29) is 11.4 Å². The average Bonchev–Trinajstić information content (AvgIpc) is 2.49. The highest BCUT2D eigenvalue weighted by Gasteiger charge is 2.17. The summed E-state index contributed by atoms with van der Waals surface area (Å²) in [4.78, 5) is 14.2. The SMILES string of the molecule is O=[N+]([O-])c1cnc2ccc(Cc3ccccc3)cc2c1O. The lowest BCUT2D eigenvalue weighted by Gasteiger charge is -2.05. The predicted octanol–water partition coefficient (Wildman–Crippen LogP) is 3.44. The molecule has 1 heterocycles. The predicted molar refractivity (Wildman–Crippen MR) is 79.3 cm³/mol. The zero-order chi connectivity index (χ0) is 14.8. The second kappa shape index (κ2) is 5.20. The van der Waals surface area contributed by atoms with Gasteiger partial charge < -0.3 is 5.11 Å². The number of nitrogens with zero attached hydrogens (tertiary/aromatic N) is 2. The Balaban J connectivity index is 2.06. The number of aromatic nitrogens is 1. The van der Waals surface area contributed by atoms with E-state index in [0.717, 1.165) is 17.3 Å². The molecule has 0 amide bonds. The quantitative estimate of drug-likeness (QED) is 0.589. The highest BCUT2D eigenvalue weighted by Crippen LogP contribution is 2.33. The molecule has 3 rings (SSSR count).